The van der Waals surface area contributed by atoms with Crippen LogP contribution in [0.25, 0.3) is 21.5 Å². The second-order valence-electron chi connectivity index (χ2n) is 6.73. The predicted molar refractivity (Wildman–Crippen MR) is 112 cm³/mol. The molecule has 0 bridgehead atoms. The molecule has 0 saturated carbocycles. The van der Waals surface area contributed by atoms with Crippen LogP contribution in [0.4, 0.5) is 0 Å². The first kappa shape index (κ1) is 16.2. The van der Waals surface area contributed by atoms with Crippen molar-refractivity contribution in [2.75, 3.05) is 0 Å². The highest BCUT2D eigenvalue weighted by molar-refractivity contribution is 6.97. The first-order valence-corrected chi connectivity index (χ1v) is 9.10. The standard InChI is InChI=1S/C20H12B2Cl2O2/c23-19-9-17-18(10-20(19)24)22(26)16-8-14-6-12-4-2-1-3-11(12)5-13(14)7-15(16)21(17)25/h1-10,25-26H. The summed E-state index contributed by atoms with van der Waals surface area (Å²) in [6, 6.07) is 19.5. The highest BCUT2D eigenvalue weighted by Gasteiger charge is 2.37. The second kappa shape index (κ2) is 5.77. The lowest BCUT2D eigenvalue weighted by Gasteiger charge is -2.26. The zero-order valence-corrected chi connectivity index (χ0v) is 15.1. The number of hydrogen-bond donors (Lipinski definition) is 2. The van der Waals surface area contributed by atoms with E-state index in [1.54, 1.807) is 12.1 Å². The Balaban J connectivity index is 1.79. The van der Waals surface area contributed by atoms with Crippen molar-refractivity contribution in [3.8, 4) is 0 Å². The first-order valence-electron chi connectivity index (χ1n) is 8.34. The number of rotatable bonds is 0. The number of benzene rings is 4. The molecule has 0 radical (unpaired) electrons. The zero-order valence-electron chi connectivity index (χ0n) is 13.6. The lowest BCUT2D eigenvalue weighted by molar-refractivity contribution is 0.592. The van der Waals surface area contributed by atoms with Crippen molar-refractivity contribution in [1.82, 2.24) is 0 Å². The van der Waals surface area contributed by atoms with Crippen molar-refractivity contribution in [2.45, 2.75) is 0 Å². The quantitative estimate of drug-likeness (QED) is 0.363. The van der Waals surface area contributed by atoms with Crippen LogP contribution in [0.1, 0.15) is 0 Å². The molecule has 0 saturated heterocycles. The van der Waals surface area contributed by atoms with Crippen LogP contribution >= 0.6 is 23.2 Å². The molecule has 0 atom stereocenters. The van der Waals surface area contributed by atoms with Gasteiger partial charge in [0.05, 0.1) is 10.0 Å². The van der Waals surface area contributed by atoms with Gasteiger partial charge in [-0.3, -0.25) is 0 Å². The average molecular weight is 377 g/mol. The number of halogens is 2. The van der Waals surface area contributed by atoms with Crippen molar-refractivity contribution in [3.05, 3.63) is 70.7 Å². The Labute approximate surface area is 161 Å². The lowest BCUT2D eigenvalue weighted by atomic mass is 9.36. The Morgan fingerprint density at radius 1 is 0.538 bits per heavy atom. The molecule has 124 valence electrons. The largest absolute Gasteiger partial charge is 0.443 e. The van der Waals surface area contributed by atoms with Crippen molar-refractivity contribution in [1.29, 1.82) is 0 Å². The van der Waals surface area contributed by atoms with E-state index in [-0.39, 0.29) is 0 Å². The first-order chi connectivity index (χ1) is 12.5. The molecule has 0 aliphatic carbocycles. The van der Waals surface area contributed by atoms with E-state index in [0.29, 0.717) is 31.9 Å². The molecular weight excluding hydrogens is 365 g/mol. The summed E-state index contributed by atoms with van der Waals surface area (Å²) in [5, 5.41) is 26.9. The van der Waals surface area contributed by atoms with Crippen LogP contribution in [0.5, 0.6) is 0 Å². The van der Waals surface area contributed by atoms with Crippen LogP contribution in [0, 0.1) is 0 Å². The van der Waals surface area contributed by atoms with E-state index in [2.05, 4.69) is 24.3 Å². The van der Waals surface area contributed by atoms with Crippen LogP contribution < -0.4 is 21.9 Å². The molecule has 1 heterocycles. The van der Waals surface area contributed by atoms with Crippen molar-refractivity contribution >= 4 is 80.4 Å². The second-order valence-corrected chi connectivity index (χ2v) is 7.54. The van der Waals surface area contributed by atoms with Gasteiger partial charge in [-0.05, 0) is 67.7 Å². The van der Waals surface area contributed by atoms with Gasteiger partial charge in [0.25, 0.3) is 0 Å². The van der Waals surface area contributed by atoms with E-state index >= 15 is 0 Å². The summed E-state index contributed by atoms with van der Waals surface area (Å²) in [5.41, 5.74) is 2.59. The molecule has 5 rings (SSSR count). The molecule has 4 aromatic rings. The minimum absolute atomic E-state index is 0.367. The smallest absolute Gasteiger partial charge is 0.358 e. The molecule has 0 aromatic heterocycles. The zero-order chi connectivity index (χ0) is 18.0. The molecule has 4 aromatic carbocycles. The van der Waals surface area contributed by atoms with Crippen molar-refractivity contribution < 1.29 is 10.0 Å². The van der Waals surface area contributed by atoms with E-state index in [1.807, 2.05) is 24.3 Å². The summed E-state index contributed by atoms with van der Waals surface area (Å²) < 4.78 is 0. The van der Waals surface area contributed by atoms with Gasteiger partial charge >= 0.3 is 13.8 Å². The van der Waals surface area contributed by atoms with Crippen LogP contribution in [0.2, 0.25) is 10.0 Å². The Hall–Kier alpha value is -1.97. The molecule has 0 fully saturated rings. The van der Waals surface area contributed by atoms with Gasteiger partial charge in [0.2, 0.25) is 0 Å². The molecule has 0 amide bonds. The Bertz CT molecular complexity index is 1120. The Kier molecular flexibility index (Phi) is 3.60. The Morgan fingerprint density at radius 3 is 1.35 bits per heavy atom. The molecule has 2 nitrogen and oxygen atoms in total. The third-order valence-electron chi connectivity index (χ3n) is 5.21. The predicted octanol–water partition coefficient (Wildman–Crippen LogP) is 1.81. The SMILES string of the molecule is OB1c2cc(Cl)c(Cl)cc2B(O)c2cc3cc4ccccc4cc3cc21. The fraction of sp³-hybridized carbons (Fsp3) is 0. The van der Waals surface area contributed by atoms with E-state index in [9.17, 15) is 10.0 Å². The summed E-state index contributed by atoms with van der Waals surface area (Å²) in [7, 11) is 0. The fourth-order valence-electron chi connectivity index (χ4n) is 3.89. The maximum atomic E-state index is 10.9. The van der Waals surface area contributed by atoms with Crippen LogP contribution in [0.15, 0.2) is 60.7 Å². The number of hydrogen-bond acceptors (Lipinski definition) is 2. The summed E-state index contributed by atoms with van der Waals surface area (Å²) in [4.78, 5) is 0. The van der Waals surface area contributed by atoms with E-state index < -0.39 is 13.8 Å². The summed E-state index contributed by atoms with van der Waals surface area (Å²) in [6.07, 6.45) is 0. The van der Waals surface area contributed by atoms with E-state index in [4.69, 9.17) is 23.2 Å². The van der Waals surface area contributed by atoms with Crippen LogP contribution in [-0.4, -0.2) is 23.9 Å². The monoisotopic (exact) mass is 376 g/mol. The minimum Gasteiger partial charge on any atom is -0.443 e. The molecule has 6 heteroatoms. The van der Waals surface area contributed by atoms with Gasteiger partial charge in [0, 0.05) is 0 Å². The lowest BCUT2D eigenvalue weighted by Crippen LogP contribution is -2.69. The molecule has 26 heavy (non-hydrogen) atoms. The summed E-state index contributed by atoms with van der Waals surface area (Å²) in [6.45, 7) is -1.71. The topological polar surface area (TPSA) is 40.5 Å². The highest BCUT2D eigenvalue weighted by atomic mass is 35.5. The highest BCUT2D eigenvalue weighted by Crippen LogP contribution is 2.23. The summed E-state index contributed by atoms with van der Waals surface area (Å²) >= 11 is 12.2. The molecule has 1 aliphatic rings. The van der Waals surface area contributed by atoms with Gasteiger partial charge in [-0.15, -0.1) is 0 Å². The molecule has 0 unspecified atom stereocenters. The third kappa shape index (κ3) is 2.30. The fourth-order valence-corrected chi connectivity index (χ4v) is 4.23. The van der Waals surface area contributed by atoms with Gasteiger partial charge in [-0.1, -0.05) is 59.6 Å². The van der Waals surface area contributed by atoms with Crippen LogP contribution in [-0.2, 0) is 0 Å². The van der Waals surface area contributed by atoms with Crippen molar-refractivity contribution in [3.63, 3.8) is 0 Å². The normalized spacial score (nSPS) is 13.2. The van der Waals surface area contributed by atoms with Crippen LogP contribution in [0.3, 0.4) is 0 Å². The average Bonchev–Trinajstić information content (AvgIpc) is 2.65. The van der Waals surface area contributed by atoms with E-state index in [1.165, 1.54) is 0 Å². The van der Waals surface area contributed by atoms with Gasteiger partial charge in [-0.25, -0.2) is 0 Å². The van der Waals surface area contributed by atoms with Gasteiger partial charge < -0.3 is 10.0 Å². The molecule has 1 aliphatic heterocycles. The minimum atomic E-state index is -0.853. The maximum absolute atomic E-state index is 10.9. The maximum Gasteiger partial charge on any atom is 0.358 e. The summed E-state index contributed by atoms with van der Waals surface area (Å²) in [5.74, 6) is 0. The molecule has 0 spiro atoms. The number of fused-ring (bicyclic) bond motifs is 4. The van der Waals surface area contributed by atoms with E-state index in [0.717, 1.165) is 21.5 Å². The van der Waals surface area contributed by atoms with Crippen molar-refractivity contribution in [2.24, 2.45) is 0 Å². The third-order valence-corrected chi connectivity index (χ3v) is 5.93. The van der Waals surface area contributed by atoms with Gasteiger partial charge in [-0.2, -0.15) is 0 Å². The molecular formula is C20H12B2Cl2O2. The van der Waals surface area contributed by atoms with Gasteiger partial charge in [0.15, 0.2) is 0 Å². The Morgan fingerprint density at radius 2 is 0.923 bits per heavy atom. The van der Waals surface area contributed by atoms with Gasteiger partial charge in [0.1, 0.15) is 0 Å². The molecule has 2 N–H and O–H groups in total.